The van der Waals surface area contributed by atoms with E-state index in [0.29, 0.717) is 15.6 Å². The summed E-state index contributed by atoms with van der Waals surface area (Å²) in [5.41, 5.74) is 0.426. The molecular formula is C12H7Cl3N2O. The van der Waals surface area contributed by atoms with E-state index in [4.69, 9.17) is 34.8 Å². The van der Waals surface area contributed by atoms with Crippen LogP contribution in [0.5, 0.6) is 0 Å². The van der Waals surface area contributed by atoms with Gasteiger partial charge in [0.25, 0.3) is 5.91 Å². The molecule has 0 aliphatic heterocycles. The predicted molar refractivity (Wildman–Crippen MR) is 73.7 cm³/mol. The average Bonchev–Trinajstić information content (AvgIpc) is 2.32. The quantitative estimate of drug-likeness (QED) is 0.899. The Hall–Kier alpha value is -1.29. The molecule has 0 radical (unpaired) electrons. The number of nitrogens with one attached hydrogen (secondary N) is 1. The number of rotatable bonds is 2. The first-order valence-electron chi connectivity index (χ1n) is 4.94. The molecule has 2 rings (SSSR count). The van der Waals surface area contributed by atoms with Gasteiger partial charge < -0.3 is 5.32 Å². The van der Waals surface area contributed by atoms with Gasteiger partial charge in [-0.15, -0.1) is 0 Å². The highest BCUT2D eigenvalue weighted by Gasteiger charge is 2.10. The molecule has 0 saturated carbocycles. The largest absolute Gasteiger partial charge is 0.305 e. The summed E-state index contributed by atoms with van der Waals surface area (Å²) >= 11 is 17.4. The SMILES string of the molecule is O=C(Nc1ncc(Cl)cc1Cl)c1cccc(Cl)c1. The maximum atomic E-state index is 11.9. The highest BCUT2D eigenvalue weighted by Crippen LogP contribution is 2.23. The van der Waals surface area contributed by atoms with Crippen LogP contribution in [0.2, 0.25) is 15.1 Å². The zero-order chi connectivity index (χ0) is 13.1. The number of halogens is 3. The van der Waals surface area contributed by atoms with Gasteiger partial charge in [-0.05, 0) is 24.3 Å². The van der Waals surface area contributed by atoms with Crippen LogP contribution in [0.3, 0.4) is 0 Å². The number of carbonyl (C=O) groups is 1. The van der Waals surface area contributed by atoms with E-state index in [1.165, 1.54) is 12.3 Å². The summed E-state index contributed by atoms with van der Waals surface area (Å²) < 4.78 is 0. The van der Waals surface area contributed by atoms with Crippen molar-refractivity contribution in [3.8, 4) is 0 Å². The summed E-state index contributed by atoms with van der Waals surface area (Å²) in [5.74, 6) is -0.0831. The van der Waals surface area contributed by atoms with Crippen LogP contribution in [-0.4, -0.2) is 10.9 Å². The van der Waals surface area contributed by atoms with Crippen LogP contribution in [0.15, 0.2) is 36.5 Å². The minimum atomic E-state index is -0.339. The van der Waals surface area contributed by atoms with Crippen LogP contribution < -0.4 is 5.32 Å². The second-order valence-electron chi connectivity index (χ2n) is 3.45. The van der Waals surface area contributed by atoms with Crippen LogP contribution in [0.1, 0.15) is 10.4 Å². The molecule has 1 amide bonds. The van der Waals surface area contributed by atoms with Crippen molar-refractivity contribution in [3.05, 3.63) is 57.2 Å². The van der Waals surface area contributed by atoms with Crippen LogP contribution in [0.4, 0.5) is 5.82 Å². The van der Waals surface area contributed by atoms with Gasteiger partial charge in [-0.3, -0.25) is 4.79 Å². The lowest BCUT2D eigenvalue weighted by atomic mass is 10.2. The third-order valence-electron chi connectivity index (χ3n) is 2.13. The van der Waals surface area contributed by atoms with Gasteiger partial charge >= 0.3 is 0 Å². The van der Waals surface area contributed by atoms with Gasteiger partial charge in [-0.2, -0.15) is 0 Å². The standard InChI is InChI=1S/C12H7Cl3N2O/c13-8-3-1-2-7(4-8)12(18)17-11-10(15)5-9(14)6-16-11/h1-6H,(H,16,17,18). The van der Waals surface area contributed by atoms with Crippen LogP contribution >= 0.6 is 34.8 Å². The molecule has 3 nitrogen and oxygen atoms in total. The lowest BCUT2D eigenvalue weighted by molar-refractivity contribution is 0.102. The smallest absolute Gasteiger partial charge is 0.256 e. The van der Waals surface area contributed by atoms with Crippen molar-refractivity contribution < 1.29 is 4.79 Å². The Kier molecular flexibility index (Phi) is 4.07. The summed E-state index contributed by atoms with van der Waals surface area (Å²) in [6.45, 7) is 0. The molecule has 0 aliphatic carbocycles. The van der Waals surface area contributed by atoms with Crippen molar-refractivity contribution in [2.75, 3.05) is 5.32 Å². The van der Waals surface area contributed by atoms with E-state index in [1.54, 1.807) is 24.3 Å². The van der Waals surface area contributed by atoms with E-state index in [0.717, 1.165) is 0 Å². The Balaban J connectivity index is 2.21. The second-order valence-corrected chi connectivity index (χ2v) is 4.73. The summed E-state index contributed by atoms with van der Waals surface area (Å²) in [5, 5.41) is 3.75. The highest BCUT2D eigenvalue weighted by molar-refractivity contribution is 6.36. The van der Waals surface area contributed by atoms with Crippen molar-refractivity contribution >= 4 is 46.5 Å². The maximum absolute atomic E-state index is 11.9. The fourth-order valence-corrected chi connectivity index (χ4v) is 1.93. The number of hydrogen-bond donors (Lipinski definition) is 1. The van der Waals surface area contributed by atoms with Gasteiger partial charge in [-0.25, -0.2) is 4.98 Å². The van der Waals surface area contributed by atoms with E-state index in [-0.39, 0.29) is 16.7 Å². The van der Waals surface area contributed by atoms with Crippen molar-refractivity contribution in [3.63, 3.8) is 0 Å². The molecule has 6 heteroatoms. The topological polar surface area (TPSA) is 42.0 Å². The van der Waals surface area contributed by atoms with Gasteiger partial charge in [-0.1, -0.05) is 40.9 Å². The van der Waals surface area contributed by atoms with Crippen molar-refractivity contribution in [2.24, 2.45) is 0 Å². The van der Waals surface area contributed by atoms with Crippen molar-refractivity contribution in [2.45, 2.75) is 0 Å². The minimum absolute atomic E-state index is 0.256. The number of aromatic nitrogens is 1. The molecule has 1 aromatic heterocycles. The monoisotopic (exact) mass is 300 g/mol. The first-order valence-corrected chi connectivity index (χ1v) is 6.07. The Morgan fingerprint density at radius 3 is 2.56 bits per heavy atom. The molecule has 1 N–H and O–H groups in total. The molecule has 1 heterocycles. The van der Waals surface area contributed by atoms with Crippen molar-refractivity contribution in [1.82, 2.24) is 4.98 Å². The molecule has 0 aliphatic rings. The first-order chi connectivity index (χ1) is 8.56. The number of hydrogen-bond acceptors (Lipinski definition) is 2. The van der Waals surface area contributed by atoms with E-state index in [1.807, 2.05) is 0 Å². The molecule has 0 saturated heterocycles. The molecule has 0 unspecified atom stereocenters. The zero-order valence-electron chi connectivity index (χ0n) is 8.95. The zero-order valence-corrected chi connectivity index (χ0v) is 11.2. The Morgan fingerprint density at radius 2 is 1.89 bits per heavy atom. The number of carbonyl (C=O) groups excluding carboxylic acids is 1. The molecule has 0 fully saturated rings. The molecule has 0 bridgehead atoms. The summed E-state index contributed by atoms with van der Waals surface area (Å²) in [6.07, 6.45) is 1.40. The minimum Gasteiger partial charge on any atom is -0.305 e. The van der Waals surface area contributed by atoms with Crippen LogP contribution in [-0.2, 0) is 0 Å². The molecule has 18 heavy (non-hydrogen) atoms. The molecule has 0 atom stereocenters. The van der Waals surface area contributed by atoms with Crippen molar-refractivity contribution in [1.29, 1.82) is 0 Å². The van der Waals surface area contributed by atoms with E-state index in [2.05, 4.69) is 10.3 Å². The van der Waals surface area contributed by atoms with E-state index < -0.39 is 0 Å². The van der Waals surface area contributed by atoms with Gasteiger partial charge in [0.05, 0.1) is 10.0 Å². The normalized spacial score (nSPS) is 10.2. The lowest BCUT2D eigenvalue weighted by Crippen LogP contribution is -2.13. The summed E-state index contributed by atoms with van der Waals surface area (Å²) in [4.78, 5) is 15.8. The first kappa shape index (κ1) is 13.1. The van der Waals surface area contributed by atoms with E-state index >= 15 is 0 Å². The highest BCUT2D eigenvalue weighted by atomic mass is 35.5. The molecule has 92 valence electrons. The average molecular weight is 302 g/mol. The van der Waals surface area contributed by atoms with Gasteiger partial charge in [0.15, 0.2) is 5.82 Å². The molecular weight excluding hydrogens is 295 g/mol. The second kappa shape index (κ2) is 5.57. The number of pyridine rings is 1. The molecule has 0 spiro atoms. The third-order valence-corrected chi connectivity index (χ3v) is 2.86. The molecule has 2 aromatic rings. The third kappa shape index (κ3) is 3.13. The number of anilines is 1. The number of amides is 1. The van der Waals surface area contributed by atoms with Gasteiger partial charge in [0, 0.05) is 16.8 Å². The maximum Gasteiger partial charge on any atom is 0.256 e. The van der Waals surface area contributed by atoms with Gasteiger partial charge in [0.2, 0.25) is 0 Å². The predicted octanol–water partition coefficient (Wildman–Crippen LogP) is 4.29. The van der Waals surface area contributed by atoms with Gasteiger partial charge in [0.1, 0.15) is 0 Å². The Morgan fingerprint density at radius 1 is 1.11 bits per heavy atom. The molecule has 1 aromatic carbocycles. The number of nitrogens with zero attached hydrogens (tertiary/aromatic N) is 1. The summed E-state index contributed by atoms with van der Waals surface area (Å²) in [7, 11) is 0. The number of benzene rings is 1. The Labute approximate surface area is 119 Å². The lowest BCUT2D eigenvalue weighted by Gasteiger charge is -2.06. The van der Waals surface area contributed by atoms with E-state index in [9.17, 15) is 4.79 Å². The fraction of sp³-hybridized carbons (Fsp3) is 0. The summed E-state index contributed by atoms with van der Waals surface area (Å²) in [6, 6.07) is 8.08. The van der Waals surface area contributed by atoms with Crippen LogP contribution in [0.25, 0.3) is 0 Å². The fourth-order valence-electron chi connectivity index (χ4n) is 1.32. The Bertz CT molecular complexity index is 602. The van der Waals surface area contributed by atoms with Crippen LogP contribution in [0, 0.1) is 0 Å².